The van der Waals surface area contributed by atoms with Gasteiger partial charge >= 0.3 is 0 Å². The van der Waals surface area contributed by atoms with Gasteiger partial charge in [0.25, 0.3) is 11.3 Å². The fourth-order valence-corrected chi connectivity index (χ4v) is 2.65. The van der Waals surface area contributed by atoms with E-state index in [4.69, 9.17) is 0 Å². The number of hydrogen-bond donors (Lipinski definition) is 0. The van der Waals surface area contributed by atoms with E-state index < -0.39 is 0 Å². The van der Waals surface area contributed by atoms with Crippen LogP contribution in [0.15, 0.2) is 23.4 Å². The summed E-state index contributed by atoms with van der Waals surface area (Å²) in [5.74, 6) is 1.73. The zero-order chi connectivity index (χ0) is 15.4. The second-order valence-electron chi connectivity index (χ2n) is 5.00. The van der Waals surface area contributed by atoms with Crippen LogP contribution in [0.4, 0.5) is 0 Å². The molecule has 0 aromatic carbocycles. The third kappa shape index (κ3) is 1.53. The first kappa shape index (κ1) is 12.6. The van der Waals surface area contributed by atoms with Gasteiger partial charge in [-0.15, -0.1) is 10.2 Å². The predicted octanol–water partition coefficient (Wildman–Crippen LogP) is 0.267. The Bertz CT molecular complexity index is 1070. The molecule has 4 heterocycles. The van der Waals surface area contributed by atoms with Gasteiger partial charge in [-0.2, -0.15) is 14.6 Å². The Morgan fingerprint density at radius 2 is 1.82 bits per heavy atom. The molecule has 0 unspecified atom stereocenters. The maximum atomic E-state index is 12.9. The van der Waals surface area contributed by atoms with Crippen molar-refractivity contribution in [1.82, 2.24) is 39.1 Å². The highest BCUT2D eigenvalue weighted by Gasteiger charge is 2.15. The van der Waals surface area contributed by atoms with Gasteiger partial charge < -0.3 is 0 Å². The molecule has 0 spiro atoms. The molecule has 110 valence electrons. The van der Waals surface area contributed by atoms with Crippen LogP contribution in [0.2, 0.25) is 0 Å². The molecule has 0 aliphatic rings. The summed E-state index contributed by atoms with van der Waals surface area (Å²) in [4.78, 5) is 21.3. The maximum absolute atomic E-state index is 12.9. The summed E-state index contributed by atoms with van der Waals surface area (Å²) in [6.07, 6.45) is 3.09. The molecule has 9 heteroatoms. The summed E-state index contributed by atoms with van der Waals surface area (Å²) < 4.78 is 4.69. The minimum atomic E-state index is -0.203. The van der Waals surface area contributed by atoms with E-state index in [0.29, 0.717) is 34.0 Å². The molecular weight excluding hydrogens is 284 g/mol. The third-order valence-corrected chi connectivity index (χ3v) is 3.61. The lowest BCUT2D eigenvalue weighted by atomic mass is 10.2. The van der Waals surface area contributed by atoms with E-state index in [9.17, 15) is 4.79 Å². The molecule has 0 aliphatic heterocycles. The number of aromatic nitrogens is 8. The maximum Gasteiger partial charge on any atom is 0.281 e. The zero-order valence-electron chi connectivity index (χ0n) is 12.2. The molecule has 4 aromatic heterocycles. The normalized spacial score (nSPS) is 11.6. The molecule has 0 saturated carbocycles. The van der Waals surface area contributed by atoms with E-state index in [1.807, 2.05) is 6.07 Å². The van der Waals surface area contributed by atoms with Gasteiger partial charge in [-0.1, -0.05) is 0 Å². The third-order valence-electron chi connectivity index (χ3n) is 3.61. The van der Waals surface area contributed by atoms with E-state index >= 15 is 0 Å². The van der Waals surface area contributed by atoms with Crippen molar-refractivity contribution >= 4 is 16.7 Å². The predicted molar refractivity (Wildman–Crippen MR) is 77.6 cm³/mol. The average Bonchev–Trinajstić information content (AvgIpc) is 3.07. The number of rotatable bonds is 1. The van der Waals surface area contributed by atoms with E-state index in [1.165, 1.54) is 11.0 Å². The summed E-state index contributed by atoms with van der Waals surface area (Å²) in [6, 6.07) is 1.81. The molecule has 0 saturated heterocycles. The standard InChI is InChI=1S/C13H12N8O/c1-7-11-10(20-13(16-7)14-6-15-20)4-5-19(12(11)22)21-8(2)17-18-9(21)3/h4-6H,1-3H3. The zero-order valence-corrected chi connectivity index (χ0v) is 12.2. The van der Waals surface area contributed by atoms with E-state index in [0.717, 1.165) is 0 Å². The monoisotopic (exact) mass is 296 g/mol. The molecule has 0 atom stereocenters. The first-order valence-electron chi connectivity index (χ1n) is 6.69. The smallest absolute Gasteiger partial charge is 0.267 e. The molecule has 9 nitrogen and oxygen atoms in total. The number of aryl methyl sites for hydroxylation is 3. The van der Waals surface area contributed by atoms with E-state index in [-0.39, 0.29) is 5.56 Å². The number of fused-ring (bicyclic) bond motifs is 3. The van der Waals surface area contributed by atoms with Gasteiger partial charge in [0.15, 0.2) is 0 Å². The molecular formula is C13H12N8O. The van der Waals surface area contributed by atoms with Crippen molar-refractivity contribution in [3.05, 3.63) is 46.3 Å². The lowest BCUT2D eigenvalue weighted by molar-refractivity contribution is 0.594. The summed E-state index contributed by atoms with van der Waals surface area (Å²) in [7, 11) is 0. The van der Waals surface area contributed by atoms with Crippen LogP contribution in [0.3, 0.4) is 0 Å². The number of hydrogen-bond acceptors (Lipinski definition) is 6. The Hall–Kier alpha value is -3.10. The Balaban J connectivity index is 2.17. The highest BCUT2D eigenvalue weighted by atomic mass is 16.1. The molecule has 4 aromatic rings. The van der Waals surface area contributed by atoms with Crippen molar-refractivity contribution in [2.75, 3.05) is 0 Å². The largest absolute Gasteiger partial charge is 0.281 e. The minimum Gasteiger partial charge on any atom is -0.267 e. The highest BCUT2D eigenvalue weighted by Crippen LogP contribution is 2.14. The quantitative estimate of drug-likeness (QED) is 0.500. The van der Waals surface area contributed by atoms with Crippen molar-refractivity contribution in [1.29, 1.82) is 0 Å². The molecule has 0 fully saturated rings. The lowest BCUT2D eigenvalue weighted by Gasteiger charge is -2.11. The van der Waals surface area contributed by atoms with Crippen molar-refractivity contribution in [3.63, 3.8) is 0 Å². The molecule has 22 heavy (non-hydrogen) atoms. The molecule has 0 aliphatic carbocycles. The SMILES string of the molecule is Cc1nc2ncnn2c2ccn(-n3c(C)nnc3C)c(=O)c12. The van der Waals surface area contributed by atoms with Gasteiger partial charge in [-0.25, -0.2) is 14.3 Å². The topological polar surface area (TPSA) is 95.8 Å². The Labute approximate surface area is 123 Å². The van der Waals surface area contributed by atoms with Crippen LogP contribution < -0.4 is 5.56 Å². The average molecular weight is 296 g/mol. The van der Waals surface area contributed by atoms with E-state index in [2.05, 4.69) is 25.3 Å². The highest BCUT2D eigenvalue weighted by molar-refractivity contribution is 5.81. The molecule has 0 amide bonds. The van der Waals surface area contributed by atoms with Crippen LogP contribution in [0.1, 0.15) is 17.3 Å². The van der Waals surface area contributed by atoms with Gasteiger partial charge in [-0.3, -0.25) is 4.79 Å². The van der Waals surface area contributed by atoms with Crippen molar-refractivity contribution in [3.8, 4) is 0 Å². The van der Waals surface area contributed by atoms with Crippen LogP contribution in [0.25, 0.3) is 16.7 Å². The second kappa shape index (κ2) is 4.20. The first-order valence-corrected chi connectivity index (χ1v) is 6.69. The fourth-order valence-electron chi connectivity index (χ4n) is 2.65. The number of pyridine rings is 1. The molecule has 4 rings (SSSR count). The summed E-state index contributed by atoms with van der Waals surface area (Å²) in [5, 5.41) is 12.6. The Kier molecular flexibility index (Phi) is 2.41. The summed E-state index contributed by atoms with van der Waals surface area (Å²) >= 11 is 0. The van der Waals surface area contributed by atoms with Crippen LogP contribution in [0.5, 0.6) is 0 Å². The van der Waals surface area contributed by atoms with Crippen molar-refractivity contribution < 1.29 is 0 Å². The van der Waals surface area contributed by atoms with Gasteiger partial charge in [-0.05, 0) is 26.8 Å². The van der Waals surface area contributed by atoms with Gasteiger partial charge in [0.2, 0.25) is 0 Å². The summed E-state index contributed by atoms with van der Waals surface area (Å²) in [6.45, 7) is 5.37. The van der Waals surface area contributed by atoms with Gasteiger partial charge in [0, 0.05) is 6.20 Å². The number of nitrogens with zero attached hydrogens (tertiary/aromatic N) is 8. The van der Waals surface area contributed by atoms with Crippen molar-refractivity contribution in [2.45, 2.75) is 20.8 Å². The molecule has 0 N–H and O–H groups in total. The minimum absolute atomic E-state index is 0.203. The van der Waals surface area contributed by atoms with Gasteiger partial charge in [0.05, 0.1) is 16.6 Å². The van der Waals surface area contributed by atoms with Crippen LogP contribution in [-0.2, 0) is 0 Å². The van der Waals surface area contributed by atoms with Crippen LogP contribution in [-0.4, -0.2) is 39.1 Å². The van der Waals surface area contributed by atoms with Crippen LogP contribution >= 0.6 is 0 Å². The first-order chi connectivity index (χ1) is 10.6. The second-order valence-corrected chi connectivity index (χ2v) is 5.00. The Morgan fingerprint density at radius 3 is 2.55 bits per heavy atom. The summed E-state index contributed by atoms with van der Waals surface area (Å²) in [5.41, 5.74) is 1.08. The molecule has 0 bridgehead atoms. The molecule has 0 radical (unpaired) electrons. The fraction of sp³-hybridized carbons (Fsp3) is 0.231. The lowest BCUT2D eigenvalue weighted by Crippen LogP contribution is -2.28. The van der Waals surface area contributed by atoms with Gasteiger partial charge in [0.1, 0.15) is 18.0 Å². The van der Waals surface area contributed by atoms with Crippen LogP contribution in [0, 0.1) is 20.8 Å². The Morgan fingerprint density at radius 1 is 1.09 bits per heavy atom. The van der Waals surface area contributed by atoms with E-state index in [1.54, 1.807) is 36.2 Å². The van der Waals surface area contributed by atoms with Crippen molar-refractivity contribution in [2.24, 2.45) is 0 Å².